The Labute approximate surface area is 119 Å². The van der Waals surface area contributed by atoms with Gasteiger partial charge in [-0.2, -0.15) is 0 Å². The van der Waals surface area contributed by atoms with Gasteiger partial charge in [-0.3, -0.25) is 0 Å². The van der Waals surface area contributed by atoms with E-state index >= 15 is 0 Å². The molecule has 0 aliphatic carbocycles. The van der Waals surface area contributed by atoms with Gasteiger partial charge in [-0.15, -0.1) is 0 Å². The lowest BCUT2D eigenvalue weighted by atomic mass is 10.1. The zero-order valence-electron chi connectivity index (χ0n) is 11.7. The van der Waals surface area contributed by atoms with Crippen LogP contribution in [0.5, 0.6) is 11.5 Å². The minimum Gasteiger partial charge on any atom is -0.493 e. The molecule has 0 aromatic heterocycles. The van der Waals surface area contributed by atoms with Gasteiger partial charge < -0.3 is 15.2 Å². The molecule has 2 aromatic rings. The Hall–Kier alpha value is -2.16. The summed E-state index contributed by atoms with van der Waals surface area (Å²) >= 11 is 0. The summed E-state index contributed by atoms with van der Waals surface area (Å²) in [4.78, 5) is 0. The quantitative estimate of drug-likeness (QED) is 0.867. The molecule has 20 heavy (non-hydrogen) atoms. The molecule has 104 valence electrons. The highest BCUT2D eigenvalue weighted by atomic mass is 16.5. The molecule has 2 aromatic carbocycles. The van der Waals surface area contributed by atoms with E-state index in [0.29, 0.717) is 6.61 Å². The smallest absolute Gasteiger partial charge is 0.124 e. The molecule has 1 aliphatic rings. The van der Waals surface area contributed by atoms with Crippen molar-refractivity contribution in [2.24, 2.45) is 0 Å². The van der Waals surface area contributed by atoms with Gasteiger partial charge in [0.25, 0.3) is 0 Å². The maximum Gasteiger partial charge on any atom is 0.124 e. The first-order valence-corrected chi connectivity index (χ1v) is 6.96. The molecular formula is C17H19NO2. The first-order valence-electron chi connectivity index (χ1n) is 6.96. The molecule has 0 saturated carbocycles. The number of nitrogens with two attached hydrogens (primary N) is 1. The second-order valence-electron chi connectivity index (χ2n) is 5.11. The number of anilines is 1. The van der Waals surface area contributed by atoms with Gasteiger partial charge in [-0.25, -0.2) is 0 Å². The summed E-state index contributed by atoms with van der Waals surface area (Å²) in [6, 6.07) is 12.2. The molecule has 3 nitrogen and oxygen atoms in total. The lowest BCUT2D eigenvalue weighted by Crippen LogP contribution is -2.03. The average Bonchev–Trinajstić information content (AvgIpc) is 2.91. The van der Waals surface area contributed by atoms with Crippen molar-refractivity contribution < 1.29 is 9.47 Å². The summed E-state index contributed by atoms with van der Waals surface area (Å²) in [6.07, 6.45) is 1.90. The Morgan fingerprint density at radius 1 is 1.25 bits per heavy atom. The van der Waals surface area contributed by atoms with Crippen molar-refractivity contribution >= 4 is 5.69 Å². The molecule has 0 fully saturated rings. The van der Waals surface area contributed by atoms with Gasteiger partial charge in [0.05, 0.1) is 13.2 Å². The predicted molar refractivity (Wildman–Crippen MR) is 80.4 cm³/mol. The highest BCUT2D eigenvalue weighted by Crippen LogP contribution is 2.26. The van der Waals surface area contributed by atoms with Gasteiger partial charge in [0.15, 0.2) is 0 Å². The Morgan fingerprint density at radius 2 is 2.15 bits per heavy atom. The molecular weight excluding hydrogens is 250 g/mol. The highest BCUT2D eigenvalue weighted by molar-refractivity contribution is 5.53. The van der Waals surface area contributed by atoms with Crippen LogP contribution in [0.4, 0.5) is 5.69 Å². The second kappa shape index (κ2) is 5.45. The first kappa shape index (κ1) is 12.9. The largest absolute Gasteiger partial charge is 0.493 e. The third-order valence-electron chi connectivity index (χ3n) is 3.73. The Bertz CT molecular complexity index is 622. The van der Waals surface area contributed by atoms with Crippen molar-refractivity contribution in [3.63, 3.8) is 0 Å². The summed E-state index contributed by atoms with van der Waals surface area (Å²) in [7, 11) is 0. The monoisotopic (exact) mass is 269 g/mol. The summed E-state index contributed by atoms with van der Waals surface area (Å²) < 4.78 is 11.3. The predicted octanol–water partition coefficient (Wildman–Crippen LogP) is 3.13. The van der Waals surface area contributed by atoms with Gasteiger partial charge in [-0.05, 0) is 36.2 Å². The van der Waals surface area contributed by atoms with Crippen molar-refractivity contribution in [1.82, 2.24) is 0 Å². The summed E-state index contributed by atoms with van der Waals surface area (Å²) in [5, 5.41) is 0. The number of hydrogen-bond donors (Lipinski definition) is 1. The van der Waals surface area contributed by atoms with E-state index in [1.54, 1.807) is 0 Å². The lowest BCUT2D eigenvalue weighted by Gasteiger charge is -2.11. The topological polar surface area (TPSA) is 44.5 Å². The van der Waals surface area contributed by atoms with E-state index in [-0.39, 0.29) is 0 Å². The fourth-order valence-electron chi connectivity index (χ4n) is 2.46. The van der Waals surface area contributed by atoms with Crippen LogP contribution >= 0.6 is 0 Å². The van der Waals surface area contributed by atoms with Crippen molar-refractivity contribution in [3.05, 3.63) is 53.1 Å². The minimum absolute atomic E-state index is 0.657. The Balaban J connectivity index is 1.61. The SMILES string of the molecule is Cc1c(N)cccc1OCCc1ccc2c(c1)CCO2. The van der Waals surface area contributed by atoms with Crippen LogP contribution in [0, 0.1) is 6.92 Å². The van der Waals surface area contributed by atoms with E-state index < -0.39 is 0 Å². The van der Waals surface area contributed by atoms with Crippen molar-refractivity contribution in [2.45, 2.75) is 19.8 Å². The van der Waals surface area contributed by atoms with Crippen LogP contribution < -0.4 is 15.2 Å². The Kier molecular flexibility index (Phi) is 3.50. The molecule has 0 bridgehead atoms. The van der Waals surface area contributed by atoms with Crippen LogP contribution in [0.15, 0.2) is 36.4 Å². The number of nitrogen functional groups attached to an aromatic ring is 1. The van der Waals surface area contributed by atoms with E-state index in [0.717, 1.165) is 42.2 Å². The molecule has 3 heteroatoms. The molecule has 0 amide bonds. The van der Waals surface area contributed by atoms with Crippen LogP contribution in [0.1, 0.15) is 16.7 Å². The maximum atomic E-state index is 5.87. The fourth-order valence-corrected chi connectivity index (χ4v) is 2.46. The third-order valence-corrected chi connectivity index (χ3v) is 3.73. The number of hydrogen-bond acceptors (Lipinski definition) is 3. The minimum atomic E-state index is 0.657. The molecule has 3 rings (SSSR count). The van der Waals surface area contributed by atoms with E-state index in [9.17, 15) is 0 Å². The second-order valence-corrected chi connectivity index (χ2v) is 5.11. The first-order chi connectivity index (χ1) is 9.74. The number of benzene rings is 2. The van der Waals surface area contributed by atoms with Gasteiger partial charge in [0.1, 0.15) is 11.5 Å². The van der Waals surface area contributed by atoms with E-state index in [4.69, 9.17) is 15.2 Å². The zero-order valence-corrected chi connectivity index (χ0v) is 11.7. The average molecular weight is 269 g/mol. The number of rotatable bonds is 4. The van der Waals surface area contributed by atoms with Gasteiger partial charge in [-0.1, -0.05) is 18.2 Å². The standard InChI is InChI=1S/C17H19NO2/c1-12-15(18)3-2-4-16(12)19-9-7-13-5-6-17-14(11-13)8-10-20-17/h2-6,11H,7-10,18H2,1H3. The third kappa shape index (κ3) is 2.57. The van der Waals surface area contributed by atoms with Gasteiger partial charge in [0, 0.05) is 24.1 Å². The van der Waals surface area contributed by atoms with Crippen molar-refractivity contribution in [2.75, 3.05) is 18.9 Å². The van der Waals surface area contributed by atoms with E-state index in [1.165, 1.54) is 11.1 Å². The van der Waals surface area contributed by atoms with Gasteiger partial charge in [0.2, 0.25) is 0 Å². The fraction of sp³-hybridized carbons (Fsp3) is 0.294. The molecule has 0 spiro atoms. The normalized spacial score (nSPS) is 12.8. The summed E-state index contributed by atoms with van der Waals surface area (Å²) in [5.74, 6) is 1.90. The van der Waals surface area contributed by atoms with Crippen molar-refractivity contribution in [3.8, 4) is 11.5 Å². The summed E-state index contributed by atoms with van der Waals surface area (Å²) in [6.45, 7) is 3.44. The summed E-state index contributed by atoms with van der Waals surface area (Å²) in [5.41, 5.74) is 10.3. The zero-order chi connectivity index (χ0) is 13.9. The van der Waals surface area contributed by atoms with Gasteiger partial charge >= 0.3 is 0 Å². The van der Waals surface area contributed by atoms with Crippen molar-refractivity contribution in [1.29, 1.82) is 0 Å². The lowest BCUT2D eigenvalue weighted by molar-refractivity contribution is 0.320. The number of fused-ring (bicyclic) bond motifs is 1. The Morgan fingerprint density at radius 3 is 3.05 bits per heavy atom. The van der Waals surface area contributed by atoms with Crippen LogP contribution in [0.2, 0.25) is 0 Å². The highest BCUT2D eigenvalue weighted by Gasteiger charge is 2.11. The van der Waals surface area contributed by atoms with Crippen LogP contribution in [-0.4, -0.2) is 13.2 Å². The van der Waals surface area contributed by atoms with Crippen LogP contribution in [0.25, 0.3) is 0 Å². The molecule has 1 heterocycles. The maximum absolute atomic E-state index is 5.87. The van der Waals surface area contributed by atoms with Crippen LogP contribution in [-0.2, 0) is 12.8 Å². The molecule has 0 radical (unpaired) electrons. The van der Waals surface area contributed by atoms with Crippen LogP contribution in [0.3, 0.4) is 0 Å². The van der Waals surface area contributed by atoms with E-state index in [2.05, 4.69) is 18.2 Å². The number of ether oxygens (including phenoxy) is 2. The van der Waals surface area contributed by atoms with E-state index in [1.807, 2.05) is 25.1 Å². The molecule has 0 saturated heterocycles. The molecule has 2 N–H and O–H groups in total. The molecule has 0 atom stereocenters. The molecule has 1 aliphatic heterocycles. The molecule has 0 unspecified atom stereocenters.